The predicted molar refractivity (Wildman–Crippen MR) is 70.8 cm³/mol. The first kappa shape index (κ1) is 11.8. The van der Waals surface area contributed by atoms with Crippen molar-refractivity contribution < 1.29 is 0 Å². The van der Waals surface area contributed by atoms with Crippen LogP contribution in [-0.2, 0) is 6.42 Å². The van der Waals surface area contributed by atoms with E-state index in [0.29, 0.717) is 0 Å². The summed E-state index contributed by atoms with van der Waals surface area (Å²) in [6, 6.07) is 14.5. The standard InChI is InChI=1S/C15H18N2/c1-11-8-14(9-12(2)17-11)15(16)10-13-6-4-3-5-7-13/h3-9,15H,10,16H2,1-2H3. The maximum atomic E-state index is 6.24. The van der Waals surface area contributed by atoms with E-state index in [-0.39, 0.29) is 6.04 Å². The molecule has 2 rings (SSSR count). The van der Waals surface area contributed by atoms with E-state index in [2.05, 4.69) is 29.2 Å². The number of hydrogen-bond acceptors (Lipinski definition) is 2. The number of hydrogen-bond donors (Lipinski definition) is 1. The van der Waals surface area contributed by atoms with Crippen molar-refractivity contribution in [2.45, 2.75) is 26.3 Å². The molecule has 17 heavy (non-hydrogen) atoms. The van der Waals surface area contributed by atoms with Crippen LogP contribution in [0.25, 0.3) is 0 Å². The van der Waals surface area contributed by atoms with Crippen LogP contribution in [0.15, 0.2) is 42.5 Å². The molecule has 0 aliphatic carbocycles. The first-order chi connectivity index (χ1) is 8.15. The fraction of sp³-hybridized carbons (Fsp3) is 0.267. The molecule has 1 heterocycles. The minimum Gasteiger partial charge on any atom is -0.324 e. The van der Waals surface area contributed by atoms with Crippen molar-refractivity contribution in [2.75, 3.05) is 0 Å². The van der Waals surface area contributed by atoms with Gasteiger partial charge in [0, 0.05) is 17.4 Å². The summed E-state index contributed by atoms with van der Waals surface area (Å²) in [4.78, 5) is 4.37. The maximum Gasteiger partial charge on any atom is 0.0379 e. The summed E-state index contributed by atoms with van der Waals surface area (Å²) in [5.41, 5.74) is 10.7. The van der Waals surface area contributed by atoms with Crippen molar-refractivity contribution in [3.05, 3.63) is 65.0 Å². The first-order valence-electron chi connectivity index (χ1n) is 5.90. The lowest BCUT2D eigenvalue weighted by Crippen LogP contribution is -2.14. The number of benzene rings is 1. The number of nitrogens with two attached hydrogens (primary N) is 1. The van der Waals surface area contributed by atoms with Gasteiger partial charge in [0.2, 0.25) is 0 Å². The molecule has 1 aromatic heterocycles. The molecule has 0 spiro atoms. The molecule has 0 bridgehead atoms. The molecule has 0 fully saturated rings. The van der Waals surface area contributed by atoms with Crippen LogP contribution in [0.3, 0.4) is 0 Å². The molecule has 0 aliphatic heterocycles. The van der Waals surface area contributed by atoms with Crippen molar-refractivity contribution in [1.82, 2.24) is 4.98 Å². The Hall–Kier alpha value is -1.67. The molecule has 0 amide bonds. The summed E-state index contributed by atoms with van der Waals surface area (Å²) in [7, 11) is 0. The second kappa shape index (κ2) is 5.11. The number of nitrogens with zero attached hydrogens (tertiary/aromatic N) is 1. The van der Waals surface area contributed by atoms with Gasteiger partial charge in [-0.1, -0.05) is 30.3 Å². The summed E-state index contributed by atoms with van der Waals surface area (Å²) in [5, 5.41) is 0. The molecular formula is C15H18N2. The molecule has 0 saturated carbocycles. The fourth-order valence-electron chi connectivity index (χ4n) is 2.07. The van der Waals surface area contributed by atoms with E-state index in [4.69, 9.17) is 5.73 Å². The van der Waals surface area contributed by atoms with Crippen LogP contribution in [-0.4, -0.2) is 4.98 Å². The minimum atomic E-state index is 0.0396. The Bertz CT molecular complexity index is 471. The third kappa shape index (κ3) is 3.14. The lowest BCUT2D eigenvalue weighted by molar-refractivity contribution is 0.717. The predicted octanol–water partition coefficient (Wildman–Crippen LogP) is 2.94. The van der Waals surface area contributed by atoms with Crippen LogP contribution in [0.1, 0.15) is 28.6 Å². The molecule has 0 aliphatic rings. The first-order valence-corrected chi connectivity index (χ1v) is 5.90. The molecule has 2 aromatic rings. The van der Waals surface area contributed by atoms with Crippen molar-refractivity contribution >= 4 is 0 Å². The van der Waals surface area contributed by atoms with Gasteiger partial charge in [0.15, 0.2) is 0 Å². The zero-order chi connectivity index (χ0) is 12.3. The highest BCUT2D eigenvalue weighted by atomic mass is 14.7. The van der Waals surface area contributed by atoms with Crippen molar-refractivity contribution in [3.8, 4) is 0 Å². The Morgan fingerprint density at radius 1 is 1.06 bits per heavy atom. The van der Waals surface area contributed by atoms with Crippen molar-refractivity contribution in [1.29, 1.82) is 0 Å². The molecule has 0 radical (unpaired) electrons. The summed E-state index contributed by atoms with van der Waals surface area (Å²) in [6.07, 6.45) is 0.865. The molecule has 0 saturated heterocycles. The summed E-state index contributed by atoms with van der Waals surface area (Å²) >= 11 is 0. The van der Waals surface area contributed by atoms with E-state index in [1.807, 2.05) is 32.0 Å². The Morgan fingerprint density at radius 2 is 1.65 bits per heavy atom. The van der Waals surface area contributed by atoms with Gasteiger partial charge in [-0.25, -0.2) is 0 Å². The molecular weight excluding hydrogens is 208 g/mol. The normalized spacial score (nSPS) is 12.4. The van der Waals surface area contributed by atoms with Crippen LogP contribution < -0.4 is 5.73 Å². The van der Waals surface area contributed by atoms with Gasteiger partial charge >= 0.3 is 0 Å². The second-order valence-electron chi connectivity index (χ2n) is 4.48. The lowest BCUT2D eigenvalue weighted by atomic mass is 9.99. The van der Waals surface area contributed by atoms with Crippen LogP contribution in [0.5, 0.6) is 0 Å². The SMILES string of the molecule is Cc1cc(C(N)Cc2ccccc2)cc(C)n1. The molecule has 2 heteroatoms. The van der Waals surface area contributed by atoms with E-state index >= 15 is 0 Å². The summed E-state index contributed by atoms with van der Waals surface area (Å²) in [6.45, 7) is 4.01. The van der Waals surface area contributed by atoms with Crippen molar-refractivity contribution in [3.63, 3.8) is 0 Å². The van der Waals surface area contributed by atoms with Gasteiger partial charge in [-0.3, -0.25) is 4.98 Å². The molecule has 88 valence electrons. The number of rotatable bonds is 3. The quantitative estimate of drug-likeness (QED) is 0.874. The van der Waals surface area contributed by atoms with Gasteiger partial charge < -0.3 is 5.73 Å². The highest BCUT2D eigenvalue weighted by Crippen LogP contribution is 2.17. The van der Waals surface area contributed by atoms with Gasteiger partial charge in [0.1, 0.15) is 0 Å². The Labute approximate surface area is 103 Å². The number of aryl methyl sites for hydroxylation is 2. The van der Waals surface area contributed by atoms with Gasteiger partial charge in [0.05, 0.1) is 0 Å². The number of aromatic nitrogens is 1. The molecule has 1 atom stereocenters. The fourth-order valence-corrected chi connectivity index (χ4v) is 2.07. The molecule has 2 nitrogen and oxygen atoms in total. The zero-order valence-corrected chi connectivity index (χ0v) is 10.4. The largest absolute Gasteiger partial charge is 0.324 e. The minimum absolute atomic E-state index is 0.0396. The van der Waals surface area contributed by atoms with Gasteiger partial charge in [-0.05, 0) is 43.5 Å². The Kier molecular flexibility index (Phi) is 3.55. The Morgan fingerprint density at radius 3 is 2.24 bits per heavy atom. The maximum absolute atomic E-state index is 6.24. The van der Waals surface area contributed by atoms with Crippen LogP contribution in [0.2, 0.25) is 0 Å². The summed E-state index contributed by atoms with van der Waals surface area (Å²) < 4.78 is 0. The van der Waals surface area contributed by atoms with Gasteiger partial charge in [-0.2, -0.15) is 0 Å². The molecule has 2 N–H and O–H groups in total. The topological polar surface area (TPSA) is 38.9 Å². The smallest absolute Gasteiger partial charge is 0.0379 e. The third-order valence-electron chi connectivity index (χ3n) is 2.83. The summed E-state index contributed by atoms with van der Waals surface area (Å²) in [5.74, 6) is 0. The van der Waals surface area contributed by atoms with Gasteiger partial charge in [0.25, 0.3) is 0 Å². The monoisotopic (exact) mass is 226 g/mol. The van der Waals surface area contributed by atoms with Crippen LogP contribution >= 0.6 is 0 Å². The molecule has 1 unspecified atom stereocenters. The van der Waals surface area contributed by atoms with Crippen molar-refractivity contribution in [2.24, 2.45) is 5.73 Å². The van der Waals surface area contributed by atoms with E-state index in [1.165, 1.54) is 11.1 Å². The van der Waals surface area contributed by atoms with E-state index in [1.54, 1.807) is 0 Å². The highest BCUT2D eigenvalue weighted by Gasteiger charge is 2.08. The average molecular weight is 226 g/mol. The van der Waals surface area contributed by atoms with E-state index < -0.39 is 0 Å². The van der Waals surface area contributed by atoms with E-state index in [9.17, 15) is 0 Å². The van der Waals surface area contributed by atoms with Gasteiger partial charge in [-0.15, -0.1) is 0 Å². The Balaban J connectivity index is 2.17. The third-order valence-corrected chi connectivity index (χ3v) is 2.83. The average Bonchev–Trinajstić information content (AvgIpc) is 2.29. The zero-order valence-electron chi connectivity index (χ0n) is 10.4. The highest BCUT2D eigenvalue weighted by molar-refractivity contribution is 5.26. The molecule has 1 aromatic carbocycles. The van der Waals surface area contributed by atoms with Crippen LogP contribution in [0, 0.1) is 13.8 Å². The van der Waals surface area contributed by atoms with E-state index in [0.717, 1.165) is 17.8 Å². The lowest BCUT2D eigenvalue weighted by Gasteiger charge is -2.13. The second-order valence-corrected chi connectivity index (χ2v) is 4.48. The van der Waals surface area contributed by atoms with Crippen LogP contribution in [0.4, 0.5) is 0 Å². The number of pyridine rings is 1.